The highest BCUT2D eigenvalue weighted by atomic mass is 32.2. The summed E-state index contributed by atoms with van der Waals surface area (Å²) in [5, 5.41) is 1.55. The standard InChI is InChI=1S/C28H27F3O3SSi/c1-21(2)19-20-22-13-12-18-25(34-35(32,33)28(29,30)31)26(22)36(27(3,4)5,23-14-8-6-9-15-23)24-16-10-7-11-17-24/h6-18H,1H2,2-5H3. The Balaban J connectivity index is 2.59. The Morgan fingerprint density at radius 3 is 1.78 bits per heavy atom. The van der Waals surface area contributed by atoms with Crippen LogP contribution in [0.15, 0.2) is 91.0 Å². The smallest absolute Gasteiger partial charge is 0.376 e. The second-order valence-corrected chi connectivity index (χ2v) is 15.6. The Bertz CT molecular complexity index is 1370. The Morgan fingerprint density at radius 1 is 0.861 bits per heavy atom. The summed E-state index contributed by atoms with van der Waals surface area (Å²) in [5.41, 5.74) is -4.64. The van der Waals surface area contributed by atoms with Crippen LogP contribution in [0.1, 0.15) is 33.3 Å². The second-order valence-electron chi connectivity index (χ2n) is 9.42. The third-order valence-electron chi connectivity index (χ3n) is 5.83. The van der Waals surface area contributed by atoms with E-state index >= 15 is 0 Å². The van der Waals surface area contributed by atoms with Gasteiger partial charge < -0.3 is 4.18 Å². The molecule has 0 aromatic heterocycles. The van der Waals surface area contributed by atoms with E-state index in [0.29, 0.717) is 16.3 Å². The van der Waals surface area contributed by atoms with Crippen molar-refractivity contribution in [2.75, 3.05) is 0 Å². The van der Waals surface area contributed by atoms with Crippen molar-refractivity contribution in [2.45, 2.75) is 38.2 Å². The number of alkyl halides is 3. The molecule has 3 aromatic rings. The van der Waals surface area contributed by atoms with Gasteiger partial charge >= 0.3 is 15.6 Å². The summed E-state index contributed by atoms with van der Waals surface area (Å²) in [7, 11) is -9.27. The van der Waals surface area contributed by atoms with Crippen LogP contribution in [0, 0.1) is 11.8 Å². The molecular formula is C28H27F3O3SSi. The van der Waals surface area contributed by atoms with Crippen molar-refractivity contribution in [3.8, 4) is 17.6 Å². The maximum absolute atomic E-state index is 13.4. The third-order valence-corrected chi connectivity index (χ3v) is 12.7. The van der Waals surface area contributed by atoms with E-state index in [-0.39, 0.29) is 5.75 Å². The van der Waals surface area contributed by atoms with Gasteiger partial charge in [0.1, 0.15) is 5.75 Å². The van der Waals surface area contributed by atoms with Crippen LogP contribution in [0.3, 0.4) is 0 Å². The van der Waals surface area contributed by atoms with Gasteiger partial charge in [-0.05, 0) is 40.0 Å². The molecule has 0 aliphatic heterocycles. The summed E-state index contributed by atoms with van der Waals surface area (Å²) < 4.78 is 69.6. The lowest BCUT2D eigenvalue weighted by Gasteiger charge is -2.45. The highest BCUT2D eigenvalue weighted by Gasteiger charge is 2.54. The molecule has 0 spiro atoms. The van der Waals surface area contributed by atoms with E-state index in [0.717, 1.165) is 10.4 Å². The molecule has 0 bridgehead atoms. The molecule has 36 heavy (non-hydrogen) atoms. The number of benzene rings is 3. The van der Waals surface area contributed by atoms with Crippen molar-refractivity contribution in [3.63, 3.8) is 0 Å². The van der Waals surface area contributed by atoms with Gasteiger partial charge in [0.15, 0.2) is 8.07 Å². The Morgan fingerprint density at radius 2 is 1.36 bits per heavy atom. The fourth-order valence-corrected chi connectivity index (χ4v) is 10.9. The van der Waals surface area contributed by atoms with E-state index in [1.54, 1.807) is 13.0 Å². The van der Waals surface area contributed by atoms with Gasteiger partial charge in [-0.3, -0.25) is 0 Å². The number of hydrogen-bond acceptors (Lipinski definition) is 3. The topological polar surface area (TPSA) is 43.4 Å². The summed E-state index contributed by atoms with van der Waals surface area (Å²) in [6.45, 7) is 11.5. The van der Waals surface area contributed by atoms with Crippen molar-refractivity contribution in [3.05, 3.63) is 96.6 Å². The lowest BCUT2D eigenvalue weighted by atomic mass is 10.2. The molecule has 0 amide bonds. The first-order valence-corrected chi connectivity index (χ1v) is 14.6. The highest BCUT2D eigenvalue weighted by molar-refractivity contribution is 7.88. The van der Waals surface area contributed by atoms with Crippen LogP contribution in [0.5, 0.6) is 5.75 Å². The molecule has 0 saturated carbocycles. The molecular weight excluding hydrogens is 501 g/mol. The predicted molar refractivity (Wildman–Crippen MR) is 141 cm³/mol. The molecule has 0 N–H and O–H groups in total. The number of rotatable bonds is 5. The molecule has 0 unspecified atom stereocenters. The van der Waals surface area contributed by atoms with Crippen LogP contribution in [-0.2, 0) is 10.1 Å². The van der Waals surface area contributed by atoms with Crippen molar-refractivity contribution in [1.29, 1.82) is 0 Å². The van der Waals surface area contributed by atoms with E-state index in [1.807, 2.05) is 81.4 Å². The summed E-state index contributed by atoms with van der Waals surface area (Å²) in [6.07, 6.45) is 0. The molecule has 8 heteroatoms. The molecule has 188 valence electrons. The molecule has 0 aliphatic carbocycles. The Hall–Kier alpha value is -3.28. The molecule has 3 rings (SSSR count). The summed E-state index contributed by atoms with van der Waals surface area (Å²) >= 11 is 0. The third kappa shape index (κ3) is 5.13. The lowest BCUT2D eigenvalue weighted by Crippen LogP contribution is -2.73. The zero-order valence-corrected chi connectivity index (χ0v) is 22.3. The number of halogens is 3. The molecule has 3 nitrogen and oxygen atoms in total. The molecule has 0 saturated heterocycles. The first kappa shape index (κ1) is 27.3. The Kier molecular flexibility index (Phi) is 7.58. The van der Waals surface area contributed by atoms with Crippen molar-refractivity contribution in [1.82, 2.24) is 0 Å². The predicted octanol–water partition coefficient (Wildman–Crippen LogP) is 5.11. The van der Waals surface area contributed by atoms with E-state index in [1.165, 1.54) is 12.1 Å². The van der Waals surface area contributed by atoms with Crippen molar-refractivity contribution >= 4 is 33.8 Å². The first-order valence-electron chi connectivity index (χ1n) is 11.1. The van der Waals surface area contributed by atoms with Crippen LogP contribution < -0.4 is 19.7 Å². The van der Waals surface area contributed by atoms with E-state index < -0.39 is 28.7 Å². The molecule has 0 heterocycles. The van der Waals surface area contributed by atoms with Crippen LogP contribution in [0.25, 0.3) is 0 Å². The number of allylic oxidation sites excluding steroid dienone is 1. The van der Waals surface area contributed by atoms with Gasteiger partial charge in [0.25, 0.3) is 0 Å². The largest absolute Gasteiger partial charge is 0.534 e. The van der Waals surface area contributed by atoms with Gasteiger partial charge in [-0.15, -0.1) is 0 Å². The van der Waals surface area contributed by atoms with Crippen LogP contribution in [-0.4, -0.2) is 22.0 Å². The van der Waals surface area contributed by atoms with Gasteiger partial charge in [0.05, 0.1) is 0 Å². The summed E-state index contributed by atoms with van der Waals surface area (Å²) in [4.78, 5) is 0. The zero-order valence-electron chi connectivity index (χ0n) is 20.5. The molecule has 0 atom stereocenters. The van der Waals surface area contributed by atoms with Crippen molar-refractivity contribution < 1.29 is 25.8 Å². The molecule has 0 aliphatic rings. The lowest BCUT2D eigenvalue weighted by molar-refractivity contribution is -0.0499. The van der Waals surface area contributed by atoms with Crippen molar-refractivity contribution in [2.24, 2.45) is 0 Å². The van der Waals surface area contributed by atoms with E-state index in [2.05, 4.69) is 18.4 Å². The van der Waals surface area contributed by atoms with Gasteiger partial charge in [-0.1, -0.05) is 106 Å². The minimum absolute atomic E-state index is 0.358. The highest BCUT2D eigenvalue weighted by Crippen LogP contribution is 2.39. The minimum Gasteiger partial charge on any atom is -0.376 e. The van der Waals surface area contributed by atoms with Gasteiger partial charge in [0, 0.05) is 10.8 Å². The summed E-state index contributed by atoms with van der Waals surface area (Å²) in [6, 6.07) is 23.3. The summed E-state index contributed by atoms with van der Waals surface area (Å²) in [5.74, 6) is 5.54. The second kappa shape index (κ2) is 10.00. The van der Waals surface area contributed by atoms with Gasteiger partial charge in [-0.2, -0.15) is 21.6 Å². The molecule has 0 radical (unpaired) electrons. The van der Waals surface area contributed by atoms with Crippen LogP contribution in [0.4, 0.5) is 13.2 Å². The zero-order chi connectivity index (χ0) is 26.8. The van der Waals surface area contributed by atoms with Gasteiger partial charge in [-0.25, -0.2) is 0 Å². The first-order chi connectivity index (χ1) is 16.7. The van der Waals surface area contributed by atoms with E-state index in [9.17, 15) is 21.6 Å². The average molecular weight is 529 g/mol. The monoisotopic (exact) mass is 528 g/mol. The molecule has 3 aromatic carbocycles. The van der Waals surface area contributed by atoms with Crippen LogP contribution >= 0.6 is 0 Å². The van der Waals surface area contributed by atoms with E-state index in [4.69, 9.17) is 4.18 Å². The Labute approximate surface area is 211 Å². The average Bonchev–Trinajstić information content (AvgIpc) is 2.79. The minimum atomic E-state index is -5.93. The maximum atomic E-state index is 13.4. The normalized spacial score (nSPS) is 12.4. The maximum Gasteiger partial charge on any atom is 0.534 e. The number of hydrogen-bond donors (Lipinski definition) is 0. The van der Waals surface area contributed by atoms with Gasteiger partial charge in [0.2, 0.25) is 0 Å². The molecule has 0 fully saturated rings. The fraction of sp³-hybridized carbons (Fsp3) is 0.214. The fourth-order valence-electron chi connectivity index (χ4n) is 4.50. The SMILES string of the molecule is C=C(C)C#Cc1cccc(OS(=O)(=O)C(F)(F)F)c1[Si](c1ccccc1)(c1ccccc1)C(C)(C)C. The quantitative estimate of drug-likeness (QED) is 0.152. The van der Waals surface area contributed by atoms with Crippen LogP contribution in [0.2, 0.25) is 5.04 Å².